The molecule has 9 unspecified atom stereocenters. The highest BCUT2D eigenvalue weighted by Crippen LogP contribution is 2.23. The van der Waals surface area contributed by atoms with E-state index in [0.717, 1.165) is 57.8 Å². The maximum absolute atomic E-state index is 13.1. The number of carbonyl (C=O) groups excluding carboxylic acids is 1. The van der Waals surface area contributed by atoms with E-state index in [1.807, 2.05) is 0 Å². The number of aliphatic hydroxyl groups excluding tert-OH is 7. The van der Waals surface area contributed by atoms with Crippen molar-refractivity contribution in [3.63, 3.8) is 0 Å². The van der Waals surface area contributed by atoms with E-state index in [2.05, 4.69) is 55.6 Å². The number of rotatable bonds is 47. The van der Waals surface area contributed by atoms with Crippen molar-refractivity contribution in [2.24, 2.45) is 0 Å². The average molecular weight is 952 g/mol. The van der Waals surface area contributed by atoms with Crippen LogP contribution in [0, 0.1) is 0 Å². The summed E-state index contributed by atoms with van der Waals surface area (Å²) in [7, 11) is 0. The molecular formula is C56H105NO10. The minimum Gasteiger partial charge on any atom is -0.394 e. The SMILES string of the molecule is CCCCCCCCCC/C=C\CCCCCCCCC(O)C(=O)NC(COC1OC(CO)C(O)C(O)C1O)C(O)C(O)CCC/C=C/CC/C=C/CCCCCCCCCCCCCCC. The number of hydrogen-bond acceptors (Lipinski definition) is 10. The summed E-state index contributed by atoms with van der Waals surface area (Å²) in [5.74, 6) is -0.714. The first-order valence-electron chi connectivity index (χ1n) is 27.9. The Labute approximate surface area is 409 Å². The van der Waals surface area contributed by atoms with Crippen molar-refractivity contribution in [1.82, 2.24) is 5.32 Å². The third-order valence-electron chi connectivity index (χ3n) is 13.4. The second-order valence-corrected chi connectivity index (χ2v) is 19.6. The molecule has 1 saturated heterocycles. The largest absolute Gasteiger partial charge is 0.394 e. The number of unbranched alkanes of at least 4 members (excludes halogenated alkanes) is 29. The Kier molecular flexibility index (Phi) is 43.0. The average Bonchev–Trinajstić information content (AvgIpc) is 3.33. The molecule has 8 N–H and O–H groups in total. The molecule has 1 aliphatic heterocycles. The van der Waals surface area contributed by atoms with Crippen LogP contribution in [0.2, 0.25) is 0 Å². The fraction of sp³-hybridized carbons (Fsp3) is 0.875. The standard InChI is InChI=1S/C56H105NO10/c1-3-5-7-9-11-13-15-17-19-21-23-24-25-26-28-29-31-33-35-37-39-41-43-48(59)51(61)47(46-66-56-54(64)53(63)52(62)50(45-58)67-56)57-55(65)49(60)44-42-40-38-36-34-32-30-27-22-20-18-16-14-12-10-8-6-4-2/h22,27-29,35,37,47-54,56,58-64H,3-21,23-26,30-34,36,38-46H2,1-2H3,(H,57,65)/b27-22-,29-28+,37-35+. The molecule has 11 nitrogen and oxygen atoms in total. The molecule has 0 aromatic carbocycles. The Hall–Kier alpha value is -1.67. The molecule has 1 aliphatic rings. The normalized spacial score (nSPS) is 20.9. The number of ether oxygens (including phenoxy) is 2. The Bertz CT molecular complexity index is 1180. The van der Waals surface area contributed by atoms with Crippen LogP contribution in [-0.4, -0.2) is 110 Å². The molecule has 0 saturated carbocycles. The first kappa shape index (κ1) is 63.3. The lowest BCUT2D eigenvalue weighted by atomic mass is 9.98. The van der Waals surface area contributed by atoms with E-state index in [1.54, 1.807) is 0 Å². The number of carbonyl (C=O) groups is 1. The van der Waals surface area contributed by atoms with Crippen LogP contribution in [0.1, 0.15) is 245 Å². The molecule has 394 valence electrons. The van der Waals surface area contributed by atoms with Gasteiger partial charge in [0.05, 0.1) is 25.4 Å². The van der Waals surface area contributed by atoms with Crippen LogP contribution in [-0.2, 0) is 14.3 Å². The molecule has 0 radical (unpaired) electrons. The summed E-state index contributed by atoms with van der Waals surface area (Å²) < 4.78 is 11.1. The molecule has 1 heterocycles. The number of amides is 1. The van der Waals surface area contributed by atoms with Gasteiger partial charge >= 0.3 is 0 Å². The maximum atomic E-state index is 13.1. The minimum atomic E-state index is -1.67. The lowest BCUT2D eigenvalue weighted by molar-refractivity contribution is -0.303. The highest BCUT2D eigenvalue weighted by molar-refractivity contribution is 5.80. The van der Waals surface area contributed by atoms with Gasteiger partial charge in [-0.3, -0.25) is 4.79 Å². The van der Waals surface area contributed by atoms with Crippen molar-refractivity contribution in [3.8, 4) is 0 Å². The third-order valence-corrected chi connectivity index (χ3v) is 13.4. The molecule has 0 aliphatic carbocycles. The highest BCUT2D eigenvalue weighted by atomic mass is 16.7. The summed E-state index contributed by atoms with van der Waals surface area (Å²) in [6, 6.07) is -1.19. The first-order chi connectivity index (χ1) is 32.7. The van der Waals surface area contributed by atoms with Gasteiger partial charge in [0.15, 0.2) is 6.29 Å². The summed E-state index contributed by atoms with van der Waals surface area (Å²) in [6.45, 7) is 3.44. The smallest absolute Gasteiger partial charge is 0.249 e. The number of allylic oxidation sites excluding steroid dienone is 6. The van der Waals surface area contributed by atoms with Crippen LogP contribution in [0.5, 0.6) is 0 Å². The van der Waals surface area contributed by atoms with Gasteiger partial charge in [0, 0.05) is 0 Å². The van der Waals surface area contributed by atoms with Crippen LogP contribution in [0.25, 0.3) is 0 Å². The van der Waals surface area contributed by atoms with Crippen molar-refractivity contribution < 1.29 is 50.0 Å². The fourth-order valence-corrected chi connectivity index (χ4v) is 8.81. The highest BCUT2D eigenvalue weighted by Gasteiger charge is 2.44. The van der Waals surface area contributed by atoms with Gasteiger partial charge in [0.2, 0.25) is 5.91 Å². The molecule has 0 bridgehead atoms. The predicted octanol–water partition coefficient (Wildman–Crippen LogP) is 11.1. The van der Waals surface area contributed by atoms with E-state index in [-0.39, 0.29) is 12.8 Å². The van der Waals surface area contributed by atoms with Crippen LogP contribution in [0.15, 0.2) is 36.5 Å². The Morgan fingerprint density at radius 2 is 0.896 bits per heavy atom. The van der Waals surface area contributed by atoms with Crippen molar-refractivity contribution >= 4 is 5.91 Å². The molecule has 0 aromatic heterocycles. The van der Waals surface area contributed by atoms with Crippen molar-refractivity contribution in [3.05, 3.63) is 36.5 Å². The van der Waals surface area contributed by atoms with Crippen molar-refractivity contribution in [2.45, 2.75) is 300 Å². The Balaban J connectivity index is 2.38. The quantitative estimate of drug-likeness (QED) is 0.0215. The van der Waals surface area contributed by atoms with Crippen LogP contribution < -0.4 is 5.32 Å². The first-order valence-corrected chi connectivity index (χ1v) is 27.9. The predicted molar refractivity (Wildman–Crippen MR) is 275 cm³/mol. The maximum Gasteiger partial charge on any atom is 0.249 e. The van der Waals surface area contributed by atoms with E-state index in [1.165, 1.54) is 141 Å². The zero-order chi connectivity index (χ0) is 49.0. The van der Waals surface area contributed by atoms with E-state index in [0.29, 0.717) is 19.3 Å². The molecule has 9 atom stereocenters. The van der Waals surface area contributed by atoms with Crippen LogP contribution in [0.4, 0.5) is 0 Å². The van der Waals surface area contributed by atoms with E-state index < -0.39 is 74.2 Å². The van der Waals surface area contributed by atoms with Gasteiger partial charge in [0.1, 0.15) is 36.6 Å². The summed E-state index contributed by atoms with van der Waals surface area (Å²) >= 11 is 0. The molecule has 67 heavy (non-hydrogen) atoms. The molecular weight excluding hydrogens is 847 g/mol. The van der Waals surface area contributed by atoms with Crippen molar-refractivity contribution in [1.29, 1.82) is 0 Å². The minimum absolute atomic E-state index is 0.244. The zero-order valence-corrected chi connectivity index (χ0v) is 42.9. The topological polar surface area (TPSA) is 189 Å². The van der Waals surface area contributed by atoms with Gasteiger partial charge in [-0.2, -0.15) is 0 Å². The fourth-order valence-electron chi connectivity index (χ4n) is 8.81. The zero-order valence-electron chi connectivity index (χ0n) is 42.9. The van der Waals surface area contributed by atoms with Gasteiger partial charge < -0.3 is 50.5 Å². The summed E-state index contributed by atoms with van der Waals surface area (Å²) in [4.78, 5) is 13.1. The van der Waals surface area contributed by atoms with Gasteiger partial charge in [-0.1, -0.05) is 204 Å². The Morgan fingerprint density at radius 3 is 1.33 bits per heavy atom. The Morgan fingerprint density at radius 1 is 0.507 bits per heavy atom. The molecule has 1 fully saturated rings. The van der Waals surface area contributed by atoms with E-state index in [4.69, 9.17) is 9.47 Å². The van der Waals surface area contributed by atoms with Crippen molar-refractivity contribution in [2.75, 3.05) is 13.2 Å². The van der Waals surface area contributed by atoms with Gasteiger partial charge in [-0.25, -0.2) is 0 Å². The second kappa shape index (κ2) is 45.5. The van der Waals surface area contributed by atoms with Gasteiger partial charge in [0.25, 0.3) is 0 Å². The van der Waals surface area contributed by atoms with E-state index in [9.17, 15) is 40.5 Å². The molecule has 11 heteroatoms. The number of hydrogen-bond donors (Lipinski definition) is 8. The summed E-state index contributed by atoms with van der Waals surface area (Å²) in [5, 5.41) is 76.0. The van der Waals surface area contributed by atoms with Gasteiger partial charge in [-0.05, 0) is 77.0 Å². The lowest BCUT2D eigenvalue weighted by Crippen LogP contribution is -2.60. The molecule has 0 spiro atoms. The summed E-state index contributed by atoms with van der Waals surface area (Å²) in [6.07, 6.45) is 43.4. The second-order valence-electron chi connectivity index (χ2n) is 19.6. The molecule has 1 amide bonds. The van der Waals surface area contributed by atoms with E-state index >= 15 is 0 Å². The summed E-state index contributed by atoms with van der Waals surface area (Å²) in [5.41, 5.74) is 0. The number of aliphatic hydroxyl groups is 7. The molecule has 1 rings (SSSR count). The third kappa shape index (κ3) is 34.3. The lowest BCUT2D eigenvalue weighted by Gasteiger charge is -2.40. The number of nitrogens with one attached hydrogen (secondary N) is 1. The molecule has 0 aromatic rings. The van der Waals surface area contributed by atoms with Crippen LogP contribution in [0.3, 0.4) is 0 Å². The van der Waals surface area contributed by atoms with Crippen LogP contribution >= 0.6 is 0 Å². The van der Waals surface area contributed by atoms with Gasteiger partial charge in [-0.15, -0.1) is 0 Å². The monoisotopic (exact) mass is 952 g/mol.